The molecule has 0 N–H and O–H groups in total. The monoisotopic (exact) mass is 453 g/mol. The molecular weight excluding hydrogens is 435 g/mol. The van der Waals surface area contributed by atoms with Crippen molar-refractivity contribution in [3.63, 3.8) is 0 Å². The first kappa shape index (κ1) is 20.2. The van der Waals surface area contributed by atoms with Crippen molar-refractivity contribution in [3.8, 4) is 0 Å². The van der Waals surface area contributed by atoms with Crippen molar-refractivity contribution in [3.05, 3.63) is 60.2 Å². The van der Waals surface area contributed by atoms with Gasteiger partial charge in [-0.3, -0.25) is 0 Å². The van der Waals surface area contributed by atoms with Gasteiger partial charge in [0.15, 0.2) is 5.60 Å². The molecular formula is C19H20Cl2CuN4O. The van der Waals surface area contributed by atoms with Gasteiger partial charge in [-0.25, -0.2) is 9.97 Å². The topological polar surface area (TPSA) is 44.9 Å². The molecule has 27 heavy (non-hydrogen) atoms. The number of aryl methyl sites for hydroxylation is 2. The first-order valence-electron chi connectivity index (χ1n) is 8.18. The number of methoxy groups -OCH3 is 1. The van der Waals surface area contributed by atoms with Gasteiger partial charge in [-0.1, -0.05) is 24.3 Å². The summed E-state index contributed by atoms with van der Waals surface area (Å²) in [6.45, 7) is 2.02. The first-order valence-corrected chi connectivity index (χ1v) is 10.8. The minimum absolute atomic E-state index is 0.748. The molecule has 8 heteroatoms. The maximum absolute atomic E-state index is 5.96. The van der Waals surface area contributed by atoms with Crippen molar-refractivity contribution in [2.75, 3.05) is 7.11 Å². The molecule has 2 heterocycles. The molecule has 0 bridgehead atoms. The molecule has 0 saturated heterocycles. The number of rotatable bonds is 3. The Labute approximate surface area is 172 Å². The standard InChI is InChI=1S/C19H20N4O.2ClH.Cu/c1-19(24-4,17-20-13-9-5-7-11-15(13)22(17)2)18-21-14-10-6-8-12-16(14)23(18)3;;;/h5-12H,1-4H3;2*1H;/q;;;+2/p-2. The molecule has 0 atom stereocenters. The van der Waals surface area contributed by atoms with Crippen molar-refractivity contribution in [2.24, 2.45) is 14.1 Å². The van der Waals surface area contributed by atoms with Gasteiger partial charge in [-0.15, -0.1) is 0 Å². The van der Waals surface area contributed by atoms with Gasteiger partial charge in [0.2, 0.25) is 0 Å². The summed E-state index contributed by atoms with van der Waals surface area (Å²) in [4.78, 5) is 9.65. The number of halogens is 2. The van der Waals surface area contributed by atoms with Crippen LogP contribution in [-0.2, 0) is 37.6 Å². The SMILES string of the molecule is COC(C)(c1nc2ccccc2n1C)c1nc2ccccc2n1C.[Cl][Cu][Cl]. The Kier molecular flexibility index (Phi) is 6.14. The summed E-state index contributed by atoms with van der Waals surface area (Å²) in [6.07, 6.45) is 0. The second-order valence-corrected chi connectivity index (χ2v) is 7.80. The van der Waals surface area contributed by atoms with Crippen LogP contribution < -0.4 is 0 Å². The molecule has 0 amide bonds. The van der Waals surface area contributed by atoms with E-state index in [2.05, 4.69) is 41.5 Å². The molecule has 5 nitrogen and oxygen atoms in total. The number of hydrogen-bond acceptors (Lipinski definition) is 3. The number of para-hydroxylation sites is 4. The average molecular weight is 455 g/mol. The second kappa shape index (κ2) is 8.21. The fourth-order valence-corrected chi connectivity index (χ4v) is 3.43. The number of hydrogen-bond donors (Lipinski definition) is 0. The van der Waals surface area contributed by atoms with E-state index < -0.39 is 5.60 Å². The molecule has 0 aliphatic carbocycles. The summed E-state index contributed by atoms with van der Waals surface area (Å²) in [5, 5.41) is 0. The Balaban J connectivity index is 0.000000659. The molecule has 2 aromatic carbocycles. The zero-order valence-electron chi connectivity index (χ0n) is 15.4. The molecule has 0 aliphatic heterocycles. The fraction of sp³-hybridized carbons (Fsp3) is 0.263. The number of ether oxygens (including phenoxy) is 1. The molecule has 4 rings (SSSR count). The Bertz CT molecular complexity index is 996. The Morgan fingerprint density at radius 2 is 1.22 bits per heavy atom. The van der Waals surface area contributed by atoms with Crippen LogP contribution in [0.25, 0.3) is 22.1 Å². The quantitative estimate of drug-likeness (QED) is 0.420. The zero-order valence-corrected chi connectivity index (χ0v) is 17.8. The van der Waals surface area contributed by atoms with E-state index in [-0.39, 0.29) is 0 Å². The molecule has 0 saturated carbocycles. The molecule has 0 aliphatic rings. The van der Waals surface area contributed by atoms with Gasteiger partial charge in [0.05, 0.1) is 22.1 Å². The Morgan fingerprint density at radius 1 is 0.852 bits per heavy atom. The van der Waals surface area contributed by atoms with Gasteiger partial charge in [-0.05, 0) is 31.2 Å². The summed E-state index contributed by atoms with van der Waals surface area (Å²) in [6, 6.07) is 16.2. The third kappa shape index (κ3) is 3.48. The normalized spacial score (nSPS) is 11.8. The van der Waals surface area contributed by atoms with Crippen LogP contribution in [0.15, 0.2) is 48.5 Å². The number of aromatic nitrogens is 4. The van der Waals surface area contributed by atoms with Crippen LogP contribution >= 0.6 is 20.2 Å². The molecule has 0 spiro atoms. The van der Waals surface area contributed by atoms with Crippen LogP contribution in [-0.4, -0.2) is 26.2 Å². The molecule has 0 unspecified atom stereocenters. The number of benzene rings is 2. The average Bonchev–Trinajstić information content (AvgIpc) is 3.21. The molecule has 4 aromatic rings. The van der Waals surface area contributed by atoms with Crippen LogP contribution in [0.4, 0.5) is 0 Å². The van der Waals surface area contributed by atoms with Crippen molar-refractivity contribution in [1.82, 2.24) is 19.1 Å². The third-order valence-electron chi connectivity index (χ3n) is 4.84. The molecule has 2 aromatic heterocycles. The van der Waals surface area contributed by atoms with Gasteiger partial charge in [0, 0.05) is 21.2 Å². The Morgan fingerprint density at radius 3 is 1.56 bits per heavy atom. The van der Waals surface area contributed by atoms with Crippen LogP contribution in [0.3, 0.4) is 0 Å². The summed E-state index contributed by atoms with van der Waals surface area (Å²) in [5.41, 5.74) is 3.32. The molecule has 0 fully saturated rings. The van der Waals surface area contributed by atoms with E-state index in [1.165, 1.54) is 0 Å². The Hall–Kier alpha value is -1.56. The van der Waals surface area contributed by atoms with Crippen molar-refractivity contribution >= 4 is 42.3 Å². The zero-order chi connectivity index (χ0) is 19.6. The van der Waals surface area contributed by atoms with Crippen LogP contribution in [0, 0.1) is 0 Å². The first-order chi connectivity index (χ1) is 13.0. The van der Waals surface area contributed by atoms with Crippen molar-refractivity contribution in [2.45, 2.75) is 12.5 Å². The third-order valence-corrected chi connectivity index (χ3v) is 4.84. The second-order valence-electron chi connectivity index (χ2n) is 6.25. The minimum atomic E-state index is -0.748. The van der Waals surface area contributed by atoms with E-state index in [0.29, 0.717) is 0 Å². The van der Waals surface area contributed by atoms with Gasteiger partial charge in [0.25, 0.3) is 0 Å². The maximum atomic E-state index is 5.96. The molecule has 0 radical (unpaired) electrons. The van der Waals surface area contributed by atoms with E-state index in [0.717, 1.165) is 46.8 Å². The van der Waals surface area contributed by atoms with E-state index in [1.807, 2.05) is 57.4 Å². The predicted octanol–water partition coefficient (Wildman–Crippen LogP) is 4.75. The summed E-state index contributed by atoms with van der Waals surface area (Å²) >= 11 is 0.757. The van der Waals surface area contributed by atoms with E-state index in [9.17, 15) is 0 Å². The summed E-state index contributed by atoms with van der Waals surface area (Å²) < 4.78 is 10.1. The number of nitrogens with zero attached hydrogens (tertiary/aromatic N) is 4. The van der Waals surface area contributed by atoms with E-state index in [4.69, 9.17) is 14.7 Å². The van der Waals surface area contributed by atoms with Gasteiger partial charge >= 0.3 is 33.3 Å². The number of fused-ring (bicyclic) bond motifs is 2. The van der Waals surface area contributed by atoms with Crippen molar-refractivity contribution in [1.29, 1.82) is 0 Å². The van der Waals surface area contributed by atoms with Crippen molar-refractivity contribution < 1.29 is 17.9 Å². The van der Waals surface area contributed by atoms with Gasteiger partial charge in [-0.2, -0.15) is 0 Å². The number of imidazole rings is 2. The van der Waals surface area contributed by atoms with E-state index >= 15 is 0 Å². The van der Waals surface area contributed by atoms with Crippen LogP contribution in [0.5, 0.6) is 0 Å². The van der Waals surface area contributed by atoms with Crippen LogP contribution in [0.2, 0.25) is 0 Å². The van der Waals surface area contributed by atoms with Gasteiger partial charge in [0.1, 0.15) is 11.6 Å². The predicted molar refractivity (Wildman–Crippen MR) is 107 cm³/mol. The summed E-state index contributed by atoms with van der Waals surface area (Å²) in [7, 11) is 15.1. The van der Waals surface area contributed by atoms with E-state index in [1.54, 1.807) is 7.11 Å². The molecule has 147 valence electrons. The van der Waals surface area contributed by atoms with Gasteiger partial charge < -0.3 is 13.9 Å². The summed E-state index contributed by atoms with van der Waals surface area (Å²) in [5.74, 6) is 1.68. The van der Waals surface area contributed by atoms with Crippen LogP contribution in [0.1, 0.15) is 18.6 Å². The fourth-order valence-electron chi connectivity index (χ4n) is 3.43.